The van der Waals surface area contributed by atoms with Crippen molar-refractivity contribution in [2.24, 2.45) is 0 Å². The number of nitrogens with zero attached hydrogens (tertiary/aromatic N) is 3. The molecule has 0 aliphatic carbocycles. The molecule has 4 heteroatoms. The van der Waals surface area contributed by atoms with Crippen molar-refractivity contribution in [2.45, 2.75) is 18.4 Å². The zero-order valence-corrected chi connectivity index (χ0v) is 7.79. The van der Waals surface area contributed by atoms with E-state index >= 15 is 0 Å². The van der Waals surface area contributed by atoms with Crippen molar-refractivity contribution >= 4 is 5.91 Å². The van der Waals surface area contributed by atoms with Crippen molar-refractivity contribution in [1.82, 2.24) is 9.80 Å². The summed E-state index contributed by atoms with van der Waals surface area (Å²) in [5, 5.41) is 8.41. The van der Waals surface area contributed by atoms with Gasteiger partial charge in [-0.2, -0.15) is 5.26 Å². The maximum Gasteiger partial charge on any atom is 0.237 e. The van der Waals surface area contributed by atoms with Crippen LogP contribution in [0.4, 0.5) is 0 Å². The Morgan fingerprint density at radius 1 is 1.62 bits per heavy atom. The van der Waals surface area contributed by atoms with E-state index in [1.54, 1.807) is 0 Å². The van der Waals surface area contributed by atoms with Gasteiger partial charge < -0.3 is 9.80 Å². The second-order valence-corrected chi connectivity index (χ2v) is 4.03. The standard InChI is InChI=1S/C9H13N3O/c1-11-6-9(7-11)3-5-12(9)8(13)2-4-10/h2-3,5-7H2,1H3. The lowest BCUT2D eigenvalue weighted by atomic mass is 9.77. The Kier molecular flexibility index (Phi) is 1.77. The fourth-order valence-electron chi connectivity index (χ4n) is 2.38. The topological polar surface area (TPSA) is 47.3 Å². The molecule has 4 nitrogen and oxygen atoms in total. The minimum atomic E-state index is 0.00171. The van der Waals surface area contributed by atoms with Crippen LogP contribution in [0.2, 0.25) is 0 Å². The van der Waals surface area contributed by atoms with Crippen molar-refractivity contribution in [3.8, 4) is 6.07 Å². The Bertz CT molecular complexity index is 275. The molecule has 0 unspecified atom stereocenters. The van der Waals surface area contributed by atoms with Gasteiger partial charge in [0.1, 0.15) is 6.42 Å². The fraction of sp³-hybridized carbons (Fsp3) is 0.778. The number of likely N-dealkylation sites (N-methyl/N-ethyl adjacent to an activating group) is 1. The number of likely N-dealkylation sites (tertiary alicyclic amines) is 2. The molecule has 2 fully saturated rings. The number of carbonyl (C=O) groups excluding carboxylic acids is 1. The fourth-order valence-corrected chi connectivity index (χ4v) is 2.38. The summed E-state index contributed by atoms with van der Waals surface area (Å²) >= 11 is 0. The number of amides is 1. The molecule has 0 N–H and O–H groups in total. The lowest BCUT2D eigenvalue weighted by molar-refractivity contribution is -0.162. The predicted molar refractivity (Wildman–Crippen MR) is 46.8 cm³/mol. The van der Waals surface area contributed by atoms with Gasteiger partial charge in [0.25, 0.3) is 0 Å². The van der Waals surface area contributed by atoms with Crippen LogP contribution in [0.15, 0.2) is 0 Å². The van der Waals surface area contributed by atoms with E-state index in [0.717, 1.165) is 26.1 Å². The van der Waals surface area contributed by atoms with E-state index in [-0.39, 0.29) is 17.9 Å². The number of rotatable bonds is 1. The molecule has 1 spiro atoms. The third-order valence-corrected chi connectivity index (χ3v) is 3.03. The molecule has 0 aromatic carbocycles. The van der Waals surface area contributed by atoms with E-state index < -0.39 is 0 Å². The van der Waals surface area contributed by atoms with Crippen molar-refractivity contribution in [3.05, 3.63) is 0 Å². The lowest BCUT2D eigenvalue weighted by Gasteiger charge is -2.61. The summed E-state index contributed by atoms with van der Waals surface area (Å²) in [5.41, 5.74) is 0.114. The average Bonchev–Trinajstić information content (AvgIpc) is 1.96. The highest BCUT2D eigenvalue weighted by molar-refractivity contribution is 5.80. The van der Waals surface area contributed by atoms with Crippen molar-refractivity contribution in [3.63, 3.8) is 0 Å². The third kappa shape index (κ3) is 1.11. The van der Waals surface area contributed by atoms with Gasteiger partial charge in [-0.05, 0) is 13.5 Å². The van der Waals surface area contributed by atoms with E-state index in [0.29, 0.717) is 0 Å². The van der Waals surface area contributed by atoms with Gasteiger partial charge in [-0.1, -0.05) is 0 Å². The van der Waals surface area contributed by atoms with Gasteiger partial charge in [0, 0.05) is 19.6 Å². The maximum absolute atomic E-state index is 11.4. The van der Waals surface area contributed by atoms with Crippen LogP contribution in [0, 0.1) is 11.3 Å². The Morgan fingerprint density at radius 2 is 2.31 bits per heavy atom. The van der Waals surface area contributed by atoms with Gasteiger partial charge in [-0.3, -0.25) is 4.79 Å². The summed E-state index contributed by atoms with van der Waals surface area (Å²) in [5.74, 6) is 0.00171. The number of hydrogen-bond acceptors (Lipinski definition) is 3. The largest absolute Gasteiger partial charge is 0.333 e. The quantitative estimate of drug-likeness (QED) is 0.561. The van der Waals surface area contributed by atoms with Crippen molar-refractivity contribution < 1.29 is 4.79 Å². The van der Waals surface area contributed by atoms with E-state index in [2.05, 4.69) is 11.9 Å². The van der Waals surface area contributed by atoms with Gasteiger partial charge in [0.2, 0.25) is 5.91 Å². The van der Waals surface area contributed by atoms with Crippen LogP contribution in [-0.4, -0.2) is 47.9 Å². The van der Waals surface area contributed by atoms with Gasteiger partial charge in [-0.25, -0.2) is 0 Å². The smallest absolute Gasteiger partial charge is 0.237 e. The highest BCUT2D eigenvalue weighted by atomic mass is 16.2. The molecule has 70 valence electrons. The first-order valence-electron chi connectivity index (χ1n) is 4.54. The van der Waals surface area contributed by atoms with Crippen LogP contribution in [0.3, 0.4) is 0 Å². The minimum absolute atomic E-state index is 0.00171. The molecule has 0 atom stereocenters. The van der Waals surface area contributed by atoms with Gasteiger partial charge in [0.15, 0.2) is 0 Å². The predicted octanol–water partition coefficient (Wildman–Crippen LogP) is -0.183. The molecule has 1 amide bonds. The van der Waals surface area contributed by atoms with Gasteiger partial charge in [-0.15, -0.1) is 0 Å². The van der Waals surface area contributed by atoms with Gasteiger partial charge >= 0.3 is 0 Å². The molecule has 0 aromatic rings. The molecule has 2 saturated heterocycles. The van der Waals surface area contributed by atoms with Gasteiger partial charge in [0.05, 0.1) is 11.6 Å². The highest BCUT2D eigenvalue weighted by Crippen LogP contribution is 2.38. The third-order valence-electron chi connectivity index (χ3n) is 3.03. The average molecular weight is 179 g/mol. The minimum Gasteiger partial charge on any atom is -0.333 e. The first kappa shape index (κ1) is 8.52. The highest BCUT2D eigenvalue weighted by Gasteiger charge is 2.53. The SMILES string of the molecule is CN1CC2(CCN2C(=O)CC#N)C1. The second-order valence-electron chi connectivity index (χ2n) is 4.03. The monoisotopic (exact) mass is 179 g/mol. The van der Waals surface area contributed by atoms with Crippen LogP contribution >= 0.6 is 0 Å². The molecular weight excluding hydrogens is 166 g/mol. The summed E-state index contributed by atoms with van der Waals surface area (Å²) in [4.78, 5) is 15.5. The molecule has 2 aliphatic rings. The van der Waals surface area contributed by atoms with Crippen molar-refractivity contribution in [1.29, 1.82) is 5.26 Å². The van der Waals surface area contributed by atoms with E-state index in [4.69, 9.17) is 5.26 Å². The summed E-state index contributed by atoms with van der Waals surface area (Å²) in [7, 11) is 2.05. The summed E-state index contributed by atoms with van der Waals surface area (Å²) < 4.78 is 0. The van der Waals surface area contributed by atoms with Crippen LogP contribution < -0.4 is 0 Å². The van der Waals surface area contributed by atoms with E-state index in [9.17, 15) is 4.79 Å². The molecule has 2 rings (SSSR count). The Morgan fingerprint density at radius 3 is 2.69 bits per heavy atom. The van der Waals surface area contributed by atoms with Crippen LogP contribution in [0.1, 0.15) is 12.8 Å². The Balaban J connectivity index is 1.96. The Labute approximate surface area is 77.7 Å². The zero-order chi connectivity index (χ0) is 9.47. The molecule has 2 aliphatic heterocycles. The normalized spacial score (nSPS) is 24.8. The number of hydrogen-bond donors (Lipinski definition) is 0. The maximum atomic E-state index is 11.4. The van der Waals surface area contributed by atoms with E-state index in [1.807, 2.05) is 11.0 Å². The molecular formula is C9H13N3O. The van der Waals surface area contributed by atoms with Crippen LogP contribution in [0.25, 0.3) is 0 Å². The summed E-state index contributed by atoms with van der Waals surface area (Å²) in [6, 6.07) is 1.91. The van der Waals surface area contributed by atoms with Crippen LogP contribution in [0.5, 0.6) is 0 Å². The Hall–Kier alpha value is -1.08. The number of carbonyl (C=O) groups is 1. The first-order valence-corrected chi connectivity index (χ1v) is 4.54. The lowest BCUT2D eigenvalue weighted by Crippen LogP contribution is -2.76. The summed E-state index contributed by atoms with van der Waals surface area (Å²) in [6.07, 6.45) is 1.14. The summed E-state index contributed by atoms with van der Waals surface area (Å²) in [6.45, 7) is 2.79. The molecule has 0 radical (unpaired) electrons. The second kappa shape index (κ2) is 2.71. The zero-order valence-electron chi connectivity index (χ0n) is 7.79. The van der Waals surface area contributed by atoms with E-state index in [1.165, 1.54) is 0 Å². The van der Waals surface area contributed by atoms with Crippen LogP contribution in [-0.2, 0) is 4.79 Å². The molecule has 0 saturated carbocycles. The number of nitriles is 1. The molecule has 2 heterocycles. The molecule has 0 bridgehead atoms. The molecule has 0 aromatic heterocycles. The van der Waals surface area contributed by atoms with Crippen molar-refractivity contribution in [2.75, 3.05) is 26.7 Å². The first-order chi connectivity index (χ1) is 6.18. The molecule has 13 heavy (non-hydrogen) atoms.